The van der Waals surface area contributed by atoms with Crippen LogP contribution in [0.15, 0.2) is 24.3 Å². The van der Waals surface area contributed by atoms with Crippen LogP contribution in [-0.4, -0.2) is 34.3 Å². The molecule has 0 spiro atoms. The Morgan fingerprint density at radius 1 is 1.37 bits per heavy atom. The van der Waals surface area contributed by atoms with E-state index in [0.29, 0.717) is 6.54 Å². The maximum Gasteiger partial charge on any atom is 0.315 e. The van der Waals surface area contributed by atoms with Gasteiger partial charge in [0, 0.05) is 34.9 Å². The number of carbonyl (C=O) groups excluding carboxylic acids is 1. The van der Waals surface area contributed by atoms with Gasteiger partial charge in [0.25, 0.3) is 0 Å². The maximum atomic E-state index is 11.8. The minimum atomic E-state index is -0.906. The van der Waals surface area contributed by atoms with E-state index in [9.17, 15) is 9.00 Å². The van der Waals surface area contributed by atoms with Gasteiger partial charge in [-0.1, -0.05) is 24.3 Å². The zero-order chi connectivity index (χ0) is 13.8. The van der Waals surface area contributed by atoms with E-state index in [1.807, 2.05) is 19.1 Å². The first-order valence-corrected chi connectivity index (χ1v) is 8.11. The molecule has 5 heteroatoms. The minimum absolute atomic E-state index is 0.0217. The van der Waals surface area contributed by atoms with Crippen molar-refractivity contribution in [3.8, 4) is 0 Å². The second-order valence-electron chi connectivity index (χ2n) is 5.04. The monoisotopic (exact) mass is 280 g/mol. The van der Waals surface area contributed by atoms with Crippen molar-refractivity contribution < 1.29 is 9.00 Å². The highest BCUT2D eigenvalue weighted by molar-refractivity contribution is 7.84. The highest BCUT2D eigenvalue weighted by atomic mass is 32.2. The Labute approximate surface area is 116 Å². The molecule has 2 atom stereocenters. The SMILES string of the molecule is C[C@H](CNC(=O)NC1Cc2ccccc2C1)[S@@](C)=O. The van der Waals surface area contributed by atoms with Crippen LogP contribution in [0.2, 0.25) is 0 Å². The van der Waals surface area contributed by atoms with Gasteiger partial charge in [0.15, 0.2) is 0 Å². The molecule has 0 fully saturated rings. The fourth-order valence-corrected chi connectivity index (χ4v) is 2.57. The molecule has 0 aliphatic heterocycles. The number of hydrogen-bond acceptors (Lipinski definition) is 2. The Morgan fingerprint density at radius 3 is 2.47 bits per heavy atom. The molecule has 1 aliphatic rings. The topological polar surface area (TPSA) is 58.2 Å². The second-order valence-corrected chi connectivity index (χ2v) is 6.84. The summed E-state index contributed by atoms with van der Waals surface area (Å²) in [5.74, 6) is 0. The average Bonchev–Trinajstić information content (AvgIpc) is 2.77. The lowest BCUT2D eigenvalue weighted by atomic mass is 10.1. The van der Waals surface area contributed by atoms with Crippen molar-refractivity contribution in [3.63, 3.8) is 0 Å². The highest BCUT2D eigenvalue weighted by Gasteiger charge is 2.22. The number of urea groups is 1. The molecule has 0 radical (unpaired) electrons. The molecule has 0 heterocycles. The van der Waals surface area contributed by atoms with Gasteiger partial charge in [-0.2, -0.15) is 0 Å². The minimum Gasteiger partial charge on any atom is -0.337 e. The molecule has 1 aromatic rings. The Morgan fingerprint density at radius 2 is 1.95 bits per heavy atom. The van der Waals surface area contributed by atoms with E-state index in [4.69, 9.17) is 0 Å². The molecule has 1 aromatic carbocycles. The lowest BCUT2D eigenvalue weighted by Crippen LogP contribution is -2.45. The molecule has 4 nitrogen and oxygen atoms in total. The zero-order valence-electron chi connectivity index (χ0n) is 11.3. The molecule has 104 valence electrons. The maximum absolute atomic E-state index is 11.8. The molecule has 0 unspecified atom stereocenters. The summed E-state index contributed by atoms with van der Waals surface area (Å²) in [5.41, 5.74) is 2.63. The summed E-state index contributed by atoms with van der Waals surface area (Å²) in [6, 6.07) is 8.27. The van der Waals surface area contributed by atoms with Gasteiger partial charge in [-0.15, -0.1) is 0 Å². The summed E-state index contributed by atoms with van der Waals surface area (Å²) in [6.07, 6.45) is 3.43. The Balaban J connectivity index is 1.78. The van der Waals surface area contributed by atoms with Gasteiger partial charge in [-0.05, 0) is 30.9 Å². The summed E-state index contributed by atoms with van der Waals surface area (Å²) in [5, 5.41) is 5.72. The van der Waals surface area contributed by atoms with Crippen molar-refractivity contribution >= 4 is 16.8 Å². The predicted molar refractivity (Wildman–Crippen MR) is 77.7 cm³/mol. The van der Waals surface area contributed by atoms with Gasteiger partial charge >= 0.3 is 6.03 Å². The Kier molecular flexibility index (Phi) is 4.58. The molecule has 2 amide bonds. The van der Waals surface area contributed by atoms with Crippen LogP contribution in [0.25, 0.3) is 0 Å². The van der Waals surface area contributed by atoms with E-state index >= 15 is 0 Å². The predicted octanol–water partition coefficient (Wildman–Crippen LogP) is 1.22. The molecular weight excluding hydrogens is 260 g/mol. The van der Waals surface area contributed by atoms with E-state index in [1.165, 1.54) is 11.1 Å². The molecule has 1 aliphatic carbocycles. The lowest BCUT2D eigenvalue weighted by molar-refractivity contribution is 0.237. The van der Waals surface area contributed by atoms with Crippen LogP contribution < -0.4 is 10.6 Å². The quantitative estimate of drug-likeness (QED) is 0.871. The third-order valence-electron chi connectivity index (χ3n) is 3.50. The molecule has 0 saturated heterocycles. The van der Waals surface area contributed by atoms with E-state index in [2.05, 4.69) is 22.8 Å². The number of carbonyl (C=O) groups is 1. The first-order valence-electron chi connectivity index (χ1n) is 6.49. The zero-order valence-corrected chi connectivity index (χ0v) is 12.1. The van der Waals surface area contributed by atoms with Crippen LogP contribution in [-0.2, 0) is 23.6 Å². The first kappa shape index (κ1) is 14.1. The Hall–Kier alpha value is -1.36. The lowest BCUT2D eigenvalue weighted by Gasteiger charge is -2.14. The summed E-state index contributed by atoms with van der Waals surface area (Å²) in [6.45, 7) is 2.30. The van der Waals surface area contributed by atoms with Crippen molar-refractivity contribution in [2.24, 2.45) is 0 Å². The molecular formula is C14H20N2O2S. The molecule has 0 bridgehead atoms. The van der Waals surface area contributed by atoms with Crippen LogP contribution in [0.1, 0.15) is 18.1 Å². The normalized spacial score (nSPS) is 17.6. The van der Waals surface area contributed by atoms with E-state index in [0.717, 1.165) is 12.8 Å². The summed E-state index contributed by atoms with van der Waals surface area (Å²) in [4.78, 5) is 11.8. The molecule has 0 saturated carbocycles. The van der Waals surface area contributed by atoms with Gasteiger partial charge in [0.1, 0.15) is 0 Å². The van der Waals surface area contributed by atoms with Crippen molar-refractivity contribution in [2.75, 3.05) is 12.8 Å². The van der Waals surface area contributed by atoms with Gasteiger partial charge < -0.3 is 10.6 Å². The fourth-order valence-electron chi connectivity index (χ4n) is 2.25. The fraction of sp³-hybridized carbons (Fsp3) is 0.500. The molecule has 2 N–H and O–H groups in total. The summed E-state index contributed by atoms with van der Waals surface area (Å²) in [7, 11) is -0.906. The average molecular weight is 280 g/mol. The van der Waals surface area contributed by atoms with E-state index in [1.54, 1.807) is 6.26 Å². The highest BCUT2D eigenvalue weighted by Crippen LogP contribution is 2.21. The summed E-state index contributed by atoms with van der Waals surface area (Å²) >= 11 is 0. The number of nitrogens with one attached hydrogen (secondary N) is 2. The Bertz CT molecular complexity index is 465. The van der Waals surface area contributed by atoms with E-state index < -0.39 is 10.8 Å². The van der Waals surface area contributed by atoms with Gasteiger partial charge in [0.2, 0.25) is 0 Å². The standard InChI is InChI=1S/C14H20N2O2S/c1-10(19(2)18)9-15-14(17)16-13-7-11-5-3-4-6-12(11)8-13/h3-6,10,13H,7-9H2,1-2H3,(H2,15,16,17)/t10-,19-/m1/s1. The van der Waals surface area contributed by atoms with E-state index in [-0.39, 0.29) is 17.3 Å². The van der Waals surface area contributed by atoms with Crippen LogP contribution in [0.3, 0.4) is 0 Å². The van der Waals surface area contributed by atoms with Crippen LogP contribution in [0, 0.1) is 0 Å². The molecule has 19 heavy (non-hydrogen) atoms. The molecule has 0 aromatic heterocycles. The number of benzene rings is 1. The first-order chi connectivity index (χ1) is 9.06. The van der Waals surface area contributed by atoms with Crippen molar-refractivity contribution in [1.29, 1.82) is 0 Å². The van der Waals surface area contributed by atoms with Crippen molar-refractivity contribution in [1.82, 2.24) is 10.6 Å². The largest absolute Gasteiger partial charge is 0.337 e. The van der Waals surface area contributed by atoms with Gasteiger partial charge in [-0.25, -0.2) is 4.79 Å². The number of rotatable bonds is 4. The second kappa shape index (κ2) is 6.19. The van der Waals surface area contributed by atoms with Gasteiger partial charge in [0.05, 0.1) is 0 Å². The van der Waals surface area contributed by atoms with Crippen molar-refractivity contribution in [3.05, 3.63) is 35.4 Å². The third kappa shape index (κ3) is 3.80. The molecule has 2 rings (SSSR count). The van der Waals surface area contributed by atoms with Gasteiger partial charge in [-0.3, -0.25) is 4.21 Å². The number of hydrogen-bond donors (Lipinski definition) is 2. The number of fused-ring (bicyclic) bond motifs is 1. The number of amides is 2. The van der Waals surface area contributed by atoms with Crippen LogP contribution >= 0.6 is 0 Å². The van der Waals surface area contributed by atoms with Crippen LogP contribution in [0.4, 0.5) is 4.79 Å². The van der Waals surface area contributed by atoms with Crippen LogP contribution in [0.5, 0.6) is 0 Å². The van der Waals surface area contributed by atoms with Crippen molar-refractivity contribution in [2.45, 2.75) is 31.1 Å². The summed E-state index contributed by atoms with van der Waals surface area (Å²) < 4.78 is 11.2. The third-order valence-corrected chi connectivity index (χ3v) is 4.80. The smallest absolute Gasteiger partial charge is 0.315 e.